The molecule has 1 saturated heterocycles. The molecule has 5 heteroatoms. The fourth-order valence-corrected chi connectivity index (χ4v) is 3.11. The van der Waals surface area contributed by atoms with E-state index in [1.807, 2.05) is 24.0 Å². The zero-order valence-corrected chi connectivity index (χ0v) is 12.7. The van der Waals surface area contributed by atoms with Gasteiger partial charge in [0.05, 0.1) is 6.54 Å². The van der Waals surface area contributed by atoms with Crippen LogP contribution >= 0.6 is 11.6 Å². The summed E-state index contributed by atoms with van der Waals surface area (Å²) in [6.07, 6.45) is 5.77. The van der Waals surface area contributed by atoms with E-state index in [4.69, 9.17) is 21.4 Å². The monoisotopic (exact) mass is 307 g/mol. The van der Waals surface area contributed by atoms with Crippen molar-refractivity contribution in [1.82, 2.24) is 4.90 Å². The van der Waals surface area contributed by atoms with Crippen LogP contribution in [0.25, 0.3) is 6.08 Å². The predicted molar refractivity (Wildman–Crippen MR) is 81.9 cm³/mol. The number of carbonyl (C=O) groups is 1. The Bertz CT molecular complexity index is 604. The molecule has 0 unspecified atom stereocenters. The first kappa shape index (κ1) is 14.4. The third-order valence-corrected chi connectivity index (χ3v) is 4.64. The molecule has 3 rings (SSSR count). The number of aliphatic carboxylic acids is 1. The van der Waals surface area contributed by atoms with Crippen LogP contribution in [0, 0.1) is 6.92 Å². The summed E-state index contributed by atoms with van der Waals surface area (Å²) in [4.78, 5) is 12.7. The zero-order valence-electron chi connectivity index (χ0n) is 11.9. The normalized spacial score (nSPS) is 20.1. The van der Waals surface area contributed by atoms with Crippen molar-refractivity contribution in [2.24, 2.45) is 0 Å². The third-order valence-electron chi connectivity index (χ3n) is 4.23. The van der Waals surface area contributed by atoms with Gasteiger partial charge in [-0.2, -0.15) is 0 Å². The lowest BCUT2D eigenvalue weighted by molar-refractivity contribution is -0.139. The summed E-state index contributed by atoms with van der Waals surface area (Å²) >= 11 is 6.14. The highest BCUT2D eigenvalue weighted by Gasteiger charge is 2.37. The van der Waals surface area contributed by atoms with E-state index in [1.54, 1.807) is 0 Å². The molecule has 2 heterocycles. The smallest absolute Gasteiger partial charge is 0.317 e. The van der Waals surface area contributed by atoms with E-state index in [9.17, 15) is 4.79 Å². The second kappa shape index (κ2) is 5.35. The second-order valence-electron chi connectivity index (χ2n) is 5.81. The van der Waals surface area contributed by atoms with Gasteiger partial charge in [0.2, 0.25) is 0 Å². The van der Waals surface area contributed by atoms with E-state index < -0.39 is 5.97 Å². The molecule has 0 radical (unpaired) electrons. The van der Waals surface area contributed by atoms with Crippen molar-refractivity contribution in [3.8, 4) is 5.75 Å². The average Bonchev–Trinajstić information content (AvgIpc) is 2.43. The van der Waals surface area contributed by atoms with Crippen molar-refractivity contribution >= 4 is 23.6 Å². The van der Waals surface area contributed by atoms with Gasteiger partial charge in [0.25, 0.3) is 0 Å². The largest absolute Gasteiger partial charge is 0.482 e. The summed E-state index contributed by atoms with van der Waals surface area (Å²) in [6, 6.07) is 3.90. The lowest BCUT2D eigenvalue weighted by Crippen LogP contribution is -2.48. The highest BCUT2D eigenvalue weighted by molar-refractivity contribution is 6.31. The van der Waals surface area contributed by atoms with Gasteiger partial charge in [-0.1, -0.05) is 17.7 Å². The van der Waals surface area contributed by atoms with Crippen LogP contribution in [0.15, 0.2) is 18.2 Å². The first-order chi connectivity index (χ1) is 9.97. The second-order valence-corrected chi connectivity index (χ2v) is 6.22. The minimum Gasteiger partial charge on any atom is -0.482 e. The van der Waals surface area contributed by atoms with Crippen LogP contribution < -0.4 is 4.74 Å². The summed E-state index contributed by atoms with van der Waals surface area (Å²) < 4.78 is 6.23. The lowest BCUT2D eigenvalue weighted by atomic mass is 9.88. The van der Waals surface area contributed by atoms with Gasteiger partial charge in [-0.05, 0) is 30.7 Å². The van der Waals surface area contributed by atoms with E-state index in [1.165, 1.54) is 0 Å². The van der Waals surface area contributed by atoms with Crippen LogP contribution in [-0.4, -0.2) is 41.2 Å². The number of hydrogen-bond acceptors (Lipinski definition) is 3. The van der Waals surface area contributed by atoms with E-state index in [0.29, 0.717) is 0 Å². The Morgan fingerprint density at radius 3 is 2.81 bits per heavy atom. The molecule has 2 aliphatic rings. The minimum absolute atomic E-state index is 0.102. The molecule has 4 nitrogen and oxygen atoms in total. The predicted octanol–water partition coefficient (Wildman–Crippen LogP) is 2.97. The number of fused-ring (bicyclic) bond motifs is 1. The van der Waals surface area contributed by atoms with E-state index in [-0.39, 0.29) is 12.1 Å². The molecule has 0 bridgehead atoms. The Hall–Kier alpha value is -1.52. The Morgan fingerprint density at radius 1 is 1.43 bits per heavy atom. The standard InChI is InChI=1S/C16H18ClNO3/c1-11-8-14-12(9-13(11)17)2-3-16(21-14)4-6-18(7-5-16)10-15(19)20/h2-3,8-9H,4-7,10H2,1H3,(H,19,20). The van der Waals surface area contributed by atoms with Gasteiger partial charge in [0, 0.05) is 36.5 Å². The first-order valence-electron chi connectivity index (χ1n) is 7.10. The number of benzene rings is 1. The van der Waals surface area contributed by atoms with Crippen molar-refractivity contribution in [1.29, 1.82) is 0 Å². The molecule has 112 valence electrons. The molecule has 0 atom stereocenters. The topological polar surface area (TPSA) is 49.8 Å². The first-order valence-corrected chi connectivity index (χ1v) is 7.48. The summed E-state index contributed by atoms with van der Waals surface area (Å²) in [5.74, 6) is 0.0905. The number of ether oxygens (including phenoxy) is 1. The SMILES string of the molecule is Cc1cc2c(cc1Cl)C=CC1(CCN(CC(=O)O)CC1)O2. The van der Waals surface area contributed by atoms with Gasteiger partial charge in [-0.25, -0.2) is 0 Å². The molecular weight excluding hydrogens is 290 g/mol. The minimum atomic E-state index is -0.776. The van der Waals surface area contributed by atoms with Gasteiger partial charge in [0.1, 0.15) is 11.4 Å². The van der Waals surface area contributed by atoms with Crippen LogP contribution in [0.4, 0.5) is 0 Å². The molecule has 21 heavy (non-hydrogen) atoms. The van der Waals surface area contributed by atoms with Crippen LogP contribution in [0.5, 0.6) is 5.75 Å². The summed E-state index contributed by atoms with van der Waals surface area (Å²) in [5, 5.41) is 9.60. The average molecular weight is 308 g/mol. The summed E-state index contributed by atoms with van der Waals surface area (Å²) in [7, 11) is 0. The fourth-order valence-electron chi connectivity index (χ4n) is 2.93. The fraction of sp³-hybridized carbons (Fsp3) is 0.438. The van der Waals surface area contributed by atoms with Crippen LogP contribution in [0.1, 0.15) is 24.0 Å². The molecule has 0 aromatic heterocycles. The van der Waals surface area contributed by atoms with Crippen molar-refractivity contribution in [2.75, 3.05) is 19.6 Å². The van der Waals surface area contributed by atoms with Gasteiger partial charge in [-0.3, -0.25) is 9.69 Å². The number of hydrogen-bond donors (Lipinski definition) is 1. The van der Waals surface area contributed by atoms with Crippen LogP contribution in [0.2, 0.25) is 5.02 Å². The van der Waals surface area contributed by atoms with Crippen molar-refractivity contribution in [3.63, 3.8) is 0 Å². The Kier molecular flexibility index (Phi) is 3.68. The van der Waals surface area contributed by atoms with Crippen molar-refractivity contribution in [2.45, 2.75) is 25.4 Å². The van der Waals surface area contributed by atoms with Gasteiger partial charge < -0.3 is 9.84 Å². The molecule has 1 fully saturated rings. The maximum atomic E-state index is 10.8. The lowest BCUT2D eigenvalue weighted by Gasteiger charge is -2.41. The number of piperidine rings is 1. The number of halogens is 1. The molecule has 1 aromatic carbocycles. The van der Waals surface area contributed by atoms with Crippen molar-refractivity contribution < 1.29 is 14.6 Å². The molecule has 1 aromatic rings. The molecular formula is C16H18ClNO3. The van der Waals surface area contributed by atoms with E-state index in [2.05, 4.69) is 12.2 Å². The third kappa shape index (κ3) is 2.92. The zero-order chi connectivity index (χ0) is 15.0. The van der Waals surface area contributed by atoms with E-state index >= 15 is 0 Å². The molecule has 0 aliphatic carbocycles. The van der Waals surface area contributed by atoms with Gasteiger partial charge in [-0.15, -0.1) is 0 Å². The maximum Gasteiger partial charge on any atom is 0.317 e. The molecule has 0 amide bonds. The molecule has 0 saturated carbocycles. The number of aryl methyl sites for hydroxylation is 1. The Morgan fingerprint density at radius 2 is 2.14 bits per heavy atom. The van der Waals surface area contributed by atoms with Gasteiger partial charge >= 0.3 is 5.97 Å². The molecule has 1 N–H and O–H groups in total. The summed E-state index contributed by atoms with van der Waals surface area (Å²) in [5.41, 5.74) is 1.70. The van der Waals surface area contributed by atoms with Crippen LogP contribution in [0.3, 0.4) is 0 Å². The van der Waals surface area contributed by atoms with Crippen molar-refractivity contribution in [3.05, 3.63) is 34.4 Å². The Labute approximate surface area is 129 Å². The van der Waals surface area contributed by atoms with Crippen LogP contribution in [-0.2, 0) is 4.79 Å². The quantitative estimate of drug-likeness (QED) is 0.912. The molecule has 2 aliphatic heterocycles. The maximum absolute atomic E-state index is 10.8. The highest BCUT2D eigenvalue weighted by Crippen LogP contribution is 2.39. The number of carboxylic acid groups (broad SMARTS) is 1. The number of likely N-dealkylation sites (tertiary alicyclic amines) is 1. The van der Waals surface area contributed by atoms with Gasteiger partial charge in [0.15, 0.2) is 0 Å². The summed E-state index contributed by atoms with van der Waals surface area (Å²) in [6.45, 7) is 3.54. The molecule has 1 spiro atoms. The number of carboxylic acids is 1. The number of rotatable bonds is 2. The number of nitrogens with zero attached hydrogens (tertiary/aromatic N) is 1. The Balaban J connectivity index is 1.75. The highest BCUT2D eigenvalue weighted by atomic mass is 35.5. The van der Waals surface area contributed by atoms with E-state index in [0.717, 1.165) is 47.8 Å².